The van der Waals surface area contributed by atoms with Crippen molar-refractivity contribution in [3.05, 3.63) is 273 Å². The second-order valence-electron chi connectivity index (χ2n) is 37.6. The summed E-state index contributed by atoms with van der Waals surface area (Å²) in [5, 5.41) is 41.7. The van der Waals surface area contributed by atoms with Crippen molar-refractivity contribution >= 4 is 189 Å². The van der Waals surface area contributed by atoms with Gasteiger partial charge in [0.05, 0.1) is 161 Å². The van der Waals surface area contributed by atoms with Crippen molar-refractivity contribution in [3.8, 4) is 24.3 Å². The van der Waals surface area contributed by atoms with Crippen molar-refractivity contribution in [2.75, 3.05) is 73.2 Å². The number of methoxy groups -OCH3 is 2. The Bertz CT molecular complexity index is 7200. The van der Waals surface area contributed by atoms with Gasteiger partial charge in [0.2, 0.25) is 23.1 Å². The zero-order chi connectivity index (χ0) is 102. The molecule has 4 aromatic heterocycles. The molecule has 8 heterocycles. The van der Waals surface area contributed by atoms with Crippen LogP contribution in [0.3, 0.4) is 0 Å². The number of piperidine rings is 4. The number of nitrogens with zero attached hydrogens (tertiary/aromatic N) is 12. The van der Waals surface area contributed by atoms with E-state index in [2.05, 4.69) is 52.0 Å². The highest BCUT2D eigenvalue weighted by Crippen LogP contribution is 2.43. The molecular formula is C110H110Cl8N12O11. The number of aryl methyl sites for hydroxylation is 8. The summed E-state index contributed by atoms with van der Waals surface area (Å²) < 4.78 is 16.8. The average molecular weight is 2060 g/mol. The van der Waals surface area contributed by atoms with Gasteiger partial charge in [-0.15, -0.1) is 0 Å². The third kappa shape index (κ3) is 22.4. The zero-order valence-corrected chi connectivity index (χ0v) is 87.3. The average Bonchev–Trinajstić information content (AvgIpc) is 1.52. The smallest absolute Gasteiger partial charge is 0.305 e. The molecule has 4 saturated heterocycles. The number of carbonyl (C=O) groups is 9. The minimum Gasteiger partial charge on any atom is -0.469 e. The maximum Gasteiger partial charge on any atom is 0.305 e. The number of rotatable bonds is 21. The normalized spacial score (nSPS) is 14.4. The molecule has 23 nitrogen and oxygen atoms in total. The molecular weight excluding hydrogens is 1950 g/mol. The zero-order valence-electron chi connectivity index (χ0n) is 81.3. The Labute approximate surface area is 861 Å². The van der Waals surface area contributed by atoms with Gasteiger partial charge in [0, 0.05) is 144 Å². The number of likely N-dealkylation sites (tertiary alicyclic amines) is 4. The highest BCUT2D eigenvalue weighted by molar-refractivity contribution is 6.46. The SMILES string of the molecule is CCC(C)(C)C1CCN(C(=O)c2ccc(Cl)c(C(=O)c3cc4c(C)cc(C#N)cc4n3C)c2Cl)CC1.CCCC1CCN(C(=O)c2ccc(Cl)c(C(=O)c3cc4c(C)cc(C#N)cc4n3C)c2Cl)CC1.COC(=O)CC1CCN(C(=O)c2ccc(Cl)c(C(=O)c3cc4c(C)cc(C#N)cc4n3C)c2Cl)CC1.COCCC1CCN(C(=O)c2ccc(Cl)c(C(=O)c3cc4c(C)cc(C#N)cc4n3C)c2Cl)CC1. The van der Waals surface area contributed by atoms with Crippen LogP contribution in [0.5, 0.6) is 0 Å². The lowest BCUT2D eigenvalue weighted by atomic mass is 9.72. The number of aromatic nitrogens is 4. The molecule has 12 aromatic rings. The van der Waals surface area contributed by atoms with Crippen LogP contribution in [0.15, 0.2) is 121 Å². The van der Waals surface area contributed by atoms with Crippen molar-refractivity contribution in [2.24, 2.45) is 57.3 Å². The van der Waals surface area contributed by atoms with Crippen LogP contribution in [-0.4, -0.2) is 164 Å². The number of carbonyl (C=O) groups excluding carboxylic acids is 9. The second-order valence-corrected chi connectivity index (χ2v) is 40.8. The van der Waals surface area contributed by atoms with Gasteiger partial charge in [0.15, 0.2) is 0 Å². The summed E-state index contributed by atoms with van der Waals surface area (Å²) in [5.74, 6) is -0.655. The molecule has 732 valence electrons. The van der Waals surface area contributed by atoms with Gasteiger partial charge in [0.25, 0.3) is 23.6 Å². The van der Waals surface area contributed by atoms with Gasteiger partial charge < -0.3 is 47.3 Å². The van der Waals surface area contributed by atoms with Gasteiger partial charge in [-0.25, -0.2) is 0 Å². The van der Waals surface area contributed by atoms with E-state index in [1.807, 2.05) is 37.5 Å². The maximum absolute atomic E-state index is 13.7. The predicted octanol–water partition coefficient (Wildman–Crippen LogP) is 24.8. The minimum atomic E-state index is -0.409. The Morgan fingerprint density at radius 3 is 0.844 bits per heavy atom. The van der Waals surface area contributed by atoms with Crippen molar-refractivity contribution in [2.45, 2.75) is 139 Å². The van der Waals surface area contributed by atoms with E-state index in [9.17, 15) is 64.2 Å². The fraction of sp³-hybridized carbons (Fsp3) is 0.373. The van der Waals surface area contributed by atoms with E-state index in [-0.39, 0.29) is 132 Å². The predicted molar refractivity (Wildman–Crippen MR) is 556 cm³/mol. The summed E-state index contributed by atoms with van der Waals surface area (Å²) in [6, 6.07) is 42.4. The van der Waals surface area contributed by atoms with Gasteiger partial charge in [-0.1, -0.05) is 140 Å². The summed E-state index contributed by atoms with van der Waals surface area (Å²) in [7, 11) is 10.1. The highest BCUT2D eigenvalue weighted by Gasteiger charge is 2.38. The number of ketones is 4. The first-order valence-electron chi connectivity index (χ1n) is 47.0. The van der Waals surface area contributed by atoms with E-state index in [1.54, 1.807) is 173 Å². The molecule has 4 fully saturated rings. The van der Waals surface area contributed by atoms with Crippen LogP contribution < -0.4 is 0 Å². The van der Waals surface area contributed by atoms with Crippen LogP contribution in [0.1, 0.15) is 261 Å². The van der Waals surface area contributed by atoms with Crippen molar-refractivity contribution in [3.63, 3.8) is 0 Å². The molecule has 0 N–H and O–H groups in total. The van der Waals surface area contributed by atoms with Crippen molar-refractivity contribution < 1.29 is 52.6 Å². The Kier molecular flexibility index (Phi) is 34.5. The Morgan fingerprint density at radius 1 is 0.362 bits per heavy atom. The summed E-state index contributed by atoms with van der Waals surface area (Å²) in [6.45, 7) is 22.2. The lowest BCUT2D eigenvalue weighted by Crippen LogP contribution is -2.42. The number of nitriles is 4. The molecule has 0 bridgehead atoms. The molecule has 16 rings (SSSR count). The van der Waals surface area contributed by atoms with E-state index in [0.29, 0.717) is 146 Å². The first-order valence-corrected chi connectivity index (χ1v) is 50.1. The number of hydrogen-bond acceptors (Lipinski definition) is 15. The van der Waals surface area contributed by atoms with Crippen LogP contribution >= 0.6 is 92.8 Å². The Hall–Kier alpha value is -11.8. The van der Waals surface area contributed by atoms with Crippen LogP contribution in [0, 0.1) is 102 Å². The molecule has 0 unspecified atom stereocenters. The van der Waals surface area contributed by atoms with Gasteiger partial charge in [-0.3, -0.25) is 43.2 Å². The van der Waals surface area contributed by atoms with Crippen molar-refractivity contribution in [1.29, 1.82) is 21.0 Å². The summed E-state index contributed by atoms with van der Waals surface area (Å²) in [5.41, 5.74) is 11.9. The van der Waals surface area contributed by atoms with Crippen molar-refractivity contribution in [1.82, 2.24) is 37.9 Å². The van der Waals surface area contributed by atoms with Gasteiger partial charge in [0.1, 0.15) is 0 Å². The number of esters is 1. The molecule has 4 aliphatic heterocycles. The Morgan fingerprint density at radius 2 is 0.610 bits per heavy atom. The fourth-order valence-corrected chi connectivity index (χ4v) is 22.3. The summed E-state index contributed by atoms with van der Waals surface area (Å²) in [4.78, 5) is 127. The van der Waals surface area contributed by atoms with E-state index in [1.165, 1.54) is 25.7 Å². The highest BCUT2D eigenvalue weighted by atomic mass is 35.5. The molecule has 4 amide bonds. The molecule has 0 radical (unpaired) electrons. The van der Waals surface area contributed by atoms with Crippen LogP contribution in [0.25, 0.3) is 43.6 Å². The molecule has 0 atom stereocenters. The van der Waals surface area contributed by atoms with E-state index >= 15 is 0 Å². The van der Waals surface area contributed by atoms with E-state index in [0.717, 1.165) is 130 Å². The molecule has 4 aliphatic rings. The van der Waals surface area contributed by atoms with Crippen LogP contribution in [0.4, 0.5) is 0 Å². The lowest BCUT2D eigenvalue weighted by molar-refractivity contribution is -0.142. The number of amides is 4. The molecule has 0 saturated carbocycles. The van der Waals surface area contributed by atoms with Gasteiger partial charge >= 0.3 is 5.97 Å². The third-order valence-corrected chi connectivity index (χ3v) is 31.6. The summed E-state index contributed by atoms with van der Waals surface area (Å²) >= 11 is 52.5. The summed E-state index contributed by atoms with van der Waals surface area (Å²) in [6.07, 6.45) is 11.8. The van der Waals surface area contributed by atoms with E-state index < -0.39 is 5.78 Å². The monoisotopic (exact) mass is 2050 g/mol. The molecule has 0 spiro atoms. The quantitative estimate of drug-likeness (QED) is 0.0477. The standard InChI is InChI=1S/C29H31Cl2N3O2.C27H25Cl2N3O4.C27H27Cl2N3O3.C27H27Cl2N3O2/c1-6-29(3,4)19-9-11-34(12-10-19)28(36)20-7-8-22(30)25(26(20)31)27(35)24-15-21-17(2)13-18(16-32)14-23(21)33(24)5;1-15-10-17(14-30)11-21-19(15)13-22(31(21)2)26(34)24-20(28)5-4-18(25(24)29)27(35)32-8-6-16(7-9-32)12-23(33)36-3;1-16-12-18(15-30)13-22-20(16)14-23(31(22)2)26(33)24-21(28)5-4-19(25(24)29)27(34)32-9-6-17(7-10-32)8-11-35-3;1-4-5-17-8-10-32(11-9-17)27(34)19-6-7-21(28)24(25(19)29)26(33)23-14-20-16(2)12-18(15-30)13-22(20)31(23)3/h7-8,13-15,19H,6,9-12H2,1-5H3;4-5,10-11,13,16H,6-9,12H2,1-3H3;4-5,12-14,17H,6-11H2,1-3H3;6-7,12-14,17H,4-5,8-11H2,1-3H3. The minimum absolute atomic E-state index is 0.00822. The second kappa shape index (κ2) is 45.6. The number of halogens is 8. The number of ether oxygens (including phenoxy) is 2. The third-order valence-electron chi connectivity index (χ3n) is 28.7. The first kappa shape index (κ1) is 106. The molecule has 0 aliphatic carbocycles. The van der Waals surface area contributed by atoms with Crippen LogP contribution in [0.2, 0.25) is 40.2 Å². The number of fused-ring (bicyclic) bond motifs is 4. The topological polar surface area (TPSA) is 300 Å². The molecule has 8 aromatic carbocycles. The Balaban J connectivity index is 0.000000158. The van der Waals surface area contributed by atoms with Crippen LogP contribution in [-0.2, 0) is 42.5 Å². The number of benzene rings is 8. The largest absolute Gasteiger partial charge is 0.469 e. The molecule has 31 heteroatoms. The number of hydrogen-bond donors (Lipinski definition) is 0. The van der Waals surface area contributed by atoms with E-state index in [4.69, 9.17) is 102 Å². The van der Waals surface area contributed by atoms with Gasteiger partial charge in [-0.05, 0) is 258 Å². The first-order chi connectivity index (χ1) is 67.2. The van der Waals surface area contributed by atoms with Gasteiger partial charge in [-0.2, -0.15) is 21.0 Å². The fourth-order valence-electron chi connectivity index (χ4n) is 19.8. The molecule has 141 heavy (non-hydrogen) atoms. The maximum atomic E-state index is 13.7. The lowest BCUT2D eigenvalue weighted by Gasteiger charge is -2.40.